The summed E-state index contributed by atoms with van der Waals surface area (Å²) in [5, 5.41) is 3.42. The Kier molecular flexibility index (Phi) is 3.96. The second kappa shape index (κ2) is 6.11. The zero-order chi connectivity index (χ0) is 17.9. The van der Waals surface area contributed by atoms with Gasteiger partial charge in [-0.1, -0.05) is 22.6 Å². The summed E-state index contributed by atoms with van der Waals surface area (Å²) in [6.45, 7) is 3.86. The molecule has 0 bridgehead atoms. The second-order valence-corrected chi connectivity index (χ2v) is 8.06. The van der Waals surface area contributed by atoms with E-state index in [-0.39, 0.29) is 24.5 Å². The van der Waals surface area contributed by atoms with Gasteiger partial charge in [0.15, 0.2) is 29.0 Å². The van der Waals surface area contributed by atoms with Crippen LogP contribution >= 0.6 is 22.6 Å². The molecule has 5 rings (SSSR count). The van der Waals surface area contributed by atoms with E-state index in [0.717, 1.165) is 17.0 Å². The van der Waals surface area contributed by atoms with Crippen LogP contribution in [0.2, 0.25) is 0 Å². The molecule has 2 aromatic heterocycles. The summed E-state index contributed by atoms with van der Waals surface area (Å²) in [6, 6.07) is 0.496. The molecule has 1 saturated carbocycles. The largest absolute Gasteiger partial charge is 0.365 e. The van der Waals surface area contributed by atoms with Gasteiger partial charge in [0.25, 0.3) is 0 Å². The zero-order valence-corrected chi connectivity index (χ0v) is 16.7. The minimum Gasteiger partial charge on any atom is -0.365 e. The van der Waals surface area contributed by atoms with Gasteiger partial charge in [0.1, 0.15) is 24.6 Å². The first-order valence-corrected chi connectivity index (χ1v) is 10.0. The number of nitrogens with one attached hydrogen (secondary N) is 1. The van der Waals surface area contributed by atoms with Crippen LogP contribution in [0.25, 0.3) is 11.2 Å². The van der Waals surface area contributed by atoms with Crippen molar-refractivity contribution in [1.82, 2.24) is 19.5 Å². The Morgan fingerprint density at radius 2 is 2.04 bits per heavy atom. The summed E-state index contributed by atoms with van der Waals surface area (Å²) in [5.41, 5.74) is 1.49. The van der Waals surface area contributed by atoms with Gasteiger partial charge in [0.05, 0.1) is 6.33 Å². The molecule has 2 saturated heterocycles. The molecular formula is C17H20IN5O3. The molecule has 0 amide bonds. The SMILES string of the molecule is CC1(C)O[C@@H]2[C@H](O1)[C@@H](/C=C/I)O[C@H]2n1cnc2c(NC3CC3)ncnc21. The van der Waals surface area contributed by atoms with Crippen molar-refractivity contribution in [2.45, 2.75) is 63.1 Å². The molecule has 2 aromatic rings. The summed E-state index contributed by atoms with van der Waals surface area (Å²) < 4.78 is 22.4. The molecule has 26 heavy (non-hydrogen) atoms. The quantitative estimate of drug-likeness (QED) is 0.690. The van der Waals surface area contributed by atoms with Gasteiger partial charge in [-0.25, -0.2) is 15.0 Å². The van der Waals surface area contributed by atoms with Crippen molar-refractivity contribution in [2.24, 2.45) is 0 Å². The molecule has 4 heterocycles. The highest BCUT2D eigenvalue weighted by molar-refractivity contribution is 14.1. The van der Waals surface area contributed by atoms with Crippen LogP contribution in [0.5, 0.6) is 0 Å². The van der Waals surface area contributed by atoms with Gasteiger partial charge >= 0.3 is 0 Å². The summed E-state index contributed by atoms with van der Waals surface area (Å²) in [5.74, 6) is 0.136. The minimum atomic E-state index is -0.640. The van der Waals surface area contributed by atoms with E-state index in [2.05, 4.69) is 42.9 Å². The van der Waals surface area contributed by atoms with Crippen LogP contribution in [-0.4, -0.2) is 49.7 Å². The molecule has 0 unspecified atom stereocenters. The first-order valence-electron chi connectivity index (χ1n) is 8.78. The van der Waals surface area contributed by atoms with Crippen molar-refractivity contribution in [1.29, 1.82) is 0 Å². The molecule has 0 spiro atoms. The number of halogens is 1. The topological polar surface area (TPSA) is 83.3 Å². The van der Waals surface area contributed by atoms with E-state index < -0.39 is 5.79 Å². The lowest BCUT2D eigenvalue weighted by atomic mass is 10.1. The van der Waals surface area contributed by atoms with Crippen molar-refractivity contribution in [3.63, 3.8) is 0 Å². The summed E-state index contributed by atoms with van der Waals surface area (Å²) in [6.07, 6.45) is 6.74. The summed E-state index contributed by atoms with van der Waals surface area (Å²) >= 11 is 2.19. The Bertz CT molecular complexity index is 865. The third-order valence-electron chi connectivity index (χ3n) is 4.88. The van der Waals surface area contributed by atoms with Crippen LogP contribution in [0.1, 0.15) is 32.9 Å². The monoisotopic (exact) mass is 469 g/mol. The van der Waals surface area contributed by atoms with E-state index in [0.29, 0.717) is 6.04 Å². The van der Waals surface area contributed by atoms with E-state index >= 15 is 0 Å². The average Bonchev–Trinajstić information content (AvgIpc) is 3.08. The predicted octanol–water partition coefficient (Wildman–Crippen LogP) is 2.77. The van der Waals surface area contributed by atoms with Crippen LogP contribution in [0, 0.1) is 0 Å². The van der Waals surface area contributed by atoms with Crippen LogP contribution in [0.3, 0.4) is 0 Å². The van der Waals surface area contributed by atoms with Gasteiger partial charge in [-0.2, -0.15) is 0 Å². The molecule has 2 aliphatic heterocycles. The first-order chi connectivity index (χ1) is 12.6. The molecule has 4 atom stereocenters. The maximum absolute atomic E-state index is 6.25. The van der Waals surface area contributed by atoms with Crippen molar-refractivity contribution < 1.29 is 14.2 Å². The minimum absolute atomic E-state index is 0.163. The fourth-order valence-corrected chi connectivity index (χ4v) is 4.03. The van der Waals surface area contributed by atoms with Gasteiger partial charge in [-0.3, -0.25) is 4.57 Å². The standard InChI is InChI=1S/C17H20IN5O3/c1-17(2)25-12-10(5-6-18)24-16(13(12)26-17)23-8-21-11-14(22-9-3-4-9)19-7-20-15(11)23/h5-10,12-13,16H,3-4H2,1-2H3,(H,19,20,22)/b6-5+/t10-,12-,13-,16-/m1/s1. The smallest absolute Gasteiger partial charge is 0.167 e. The lowest BCUT2D eigenvalue weighted by Crippen LogP contribution is -2.28. The Hall–Kier alpha value is -1.30. The molecule has 9 heteroatoms. The normalized spacial score (nSPS) is 33.2. The van der Waals surface area contributed by atoms with Gasteiger partial charge in [0.2, 0.25) is 0 Å². The van der Waals surface area contributed by atoms with Gasteiger partial charge in [-0.05, 0) is 36.8 Å². The molecule has 0 radical (unpaired) electrons. The number of fused-ring (bicyclic) bond motifs is 2. The summed E-state index contributed by atoms with van der Waals surface area (Å²) in [7, 11) is 0. The molecular weight excluding hydrogens is 449 g/mol. The molecule has 3 fully saturated rings. The molecule has 1 N–H and O–H groups in total. The zero-order valence-electron chi connectivity index (χ0n) is 14.5. The number of hydrogen-bond donors (Lipinski definition) is 1. The number of ether oxygens (including phenoxy) is 3. The lowest BCUT2D eigenvalue weighted by Gasteiger charge is -2.23. The molecule has 138 valence electrons. The fraction of sp³-hybridized carbons (Fsp3) is 0.588. The summed E-state index contributed by atoms with van der Waals surface area (Å²) in [4.78, 5) is 13.3. The van der Waals surface area contributed by atoms with E-state index in [1.807, 2.05) is 28.6 Å². The number of rotatable bonds is 4. The third kappa shape index (κ3) is 2.81. The highest BCUT2D eigenvalue weighted by Crippen LogP contribution is 2.44. The first kappa shape index (κ1) is 16.8. The van der Waals surface area contributed by atoms with Crippen molar-refractivity contribution >= 4 is 39.6 Å². The molecule has 3 aliphatic rings. The van der Waals surface area contributed by atoms with Gasteiger partial charge < -0.3 is 19.5 Å². The van der Waals surface area contributed by atoms with E-state index in [9.17, 15) is 0 Å². The number of imidazole rings is 1. The van der Waals surface area contributed by atoms with E-state index in [1.165, 1.54) is 12.8 Å². The van der Waals surface area contributed by atoms with Crippen LogP contribution in [0.15, 0.2) is 22.8 Å². The molecule has 1 aliphatic carbocycles. The number of aromatic nitrogens is 4. The number of nitrogens with zero attached hydrogens (tertiary/aromatic N) is 4. The van der Waals surface area contributed by atoms with E-state index in [1.54, 1.807) is 12.7 Å². The third-order valence-corrected chi connectivity index (χ3v) is 5.29. The van der Waals surface area contributed by atoms with Crippen LogP contribution in [0.4, 0.5) is 5.82 Å². The Morgan fingerprint density at radius 1 is 1.23 bits per heavy atom. The van der Waals surface area contributed by atoms with E-state index in [4.69, 9.17) is 14.2 Å². The van der Waals surface area contributed by atoms with Crippen molar-refractivity contribution in [3.05, 3.63) is 22.8 Å². The number of anilines is 1. The highest BCUT2D eigenvalue weighted by Gasteiger charge is 2.55. The van der Waals surface area contributed by atoms with Crippen LogP contribution in [-0.2, 0) is 14.2 Å². The van der Waals surface area contributed by atoms with Gasteiger partial charge in [-0.15, -0.1) is 0 Å². The maximum atomic E-state index is 6.25. The van der Waals surface area contributed by atoms with Crippen molar-refractivity contribution in [2.75, 3.05) is 5.32 Å². The second-order valence-electron chi connectivity index (χ2n) is 7.34. The lowest BCUT2D eigenvalue weighted by molar-refractivity contribution is -0.191. The Labute approximate surface area is 164 Å². The highest BCUT2D eigenvalue weighted by atomic mass is 127. The Morgan fingerprint density at radius 3 is 2.81 bits per heavy atom. The molecule has 0 aromatic carbocycles. The molecule has 8 nitrogen and oxygen atoms in total. The fourth-order valence-electron chi connectivity index (χ4n) is 3.62. The van der Waals surface area contributed by atoms with Gasteiger partial charge in [0, 0.05) is 6.04 Å². The van der Waals surface area contributed by atoms with Crippen LogP contribution < -0.4 is 5.32 Å². The average molecular weight is 469 g/mol. The maximum Gasteiger partial charge on any atom is 0.167 e. The predicted molar refractivity (Wildman–Crippen MR) is 103 cm³/mol. The van der Waals surface area contributed by atoms with Crippen molar-refractivity contribution in [3.8, 4) is 0 Å². The number of hydrogen-bond acceptors (Lipinski definition) is 7. The Balaban J connectivity index is 1.52.